The monoisotopic (exact) mass is 474 g/mol. The molecule has 1 saturated heterocycles. The molecule has 0 bridgehead atoms. The van der Waals surface area contributed by atoms with E-state index < -0.39 is 0 Å². The molecular formula is C30H52NO3+. The van der Waals surface area contributed by atoms with Gasteiger partial charge in [0.1, 0.15) is 13.2 Å². The number of hydrogen-bond donors (Lipinski definition) is 0. The van der Waals surface area contributed by atoms with Crippen LogP contribution >= 0.6 is 0 Å². The summed E-state index contributed by atoms with van der Waals surface area (Å²) >= 11 is 0. The number of carbonyl (C=O) groups is 1. The lowest BCUT2D eigenvalue weighted by atomic mass is 9.97. The fourth-order valence-corrected chi connectivity index (χ4v) is 4.95. The summed E-state index contributed by atoms with van der Waals surface area (Å²) in [4.78, 5) is 12.0. The summed E-state index contributed by atoms with van der Waals surface area (Å²) in [5.74, 6) is 0.586. The van der Waals surface area contributed by atoms with Gasteiger partial charge in [-0.05, 0) is 31.6 Å². The van der Waals surface area contributed by atoms with E-state index in [9.17, 15) is 4.79 Å². The maximum atomic E-state index is 12.0. The molecule has 0 aliphatic carbocycles. The molecule has 1 aromatic rings. The highest BCUT2D eigenvalue weighted by Crippen LogP contribution is 2.25. The van der Waals surface area contributed by atoms with Crippen LogP contribution in [0, 0.1) is 5.92 Å². The Labute approximate surface area is 209 Å². The van der Waals surface area contributed by atoms with Gasteiger partial charge >= 0.3 is 5.97 Å². The second-order valence-corrected chi connectivity index (χ2v) is 10.3. The second-order valence-electron chi connectivity index (χ2n) is 10.3. The van der Waals surface area contributed by atoms with Crippen molar-refractivity contribution in [1.82, 2.24) is 0 Å². The van der Waals surface area contributed by atoms with Gasteiger partial charge < -0.3 is 9.47 Å². The molecule has 0 spiro atoms. The minimum atomic E-state index is -0.0691. The van der Waals surface area contributed by atoms with Crippen LogP contribution in [0.25, 0.3) is 0 Å². The molecule has 1 aliphatic rings. The van der Waals surface area contributed by atoms with Gasteiger partial charge in [0.25, 0.3) is 0 Å². The Bertz CT molecular complexity index is 606. The zero-order chi connectivity index (χ0) is 24.1. The van der Waals surface area contributed by atoms with Crippen molar-refractivity contribution >= 4 is 5.97 Å². The molecule has 2 heterocycles. The third kappa shape index (κ3) is 14.8. The topological polar surface area (TPSA) is 39.4 Å². The van der Waals surface area contributed by atoms with Crippen LogP contribution in [0.2, 0.25) is 0 Å². The molecule has 34 heavy (non-hydrogen) atoms. The zero-order valence-electron chi connectivity index (χ0n) is 22.1. The Morgan fingerprint density at radius 2 is 1.44 bits per heavy atom. The predicted molar refractivity (Wildman–Crippen MR) is 140 cm³/mol. The minimum absolute atomic E-state index is 0.0691. The van der Waals surface area contributed by atoms with Crippen LogP contribution in [0.4, 0.5) is 0 Å². The van der Waals surface area contributed by atoms with Gasteiger partial charge in [0.2, 0.25) is 0 Å². The van der Waals surface area contributed by atoms with Gasteiger partial charge in [0, 0.05) is 25.0 Å². The van der Waals surface area contributed by atoms with E-state index in [1.807, 2.05) is 18.2 Å². The Hall–Kier alpha value is -1.42. The van der Waals surface area contributed by atoms with E-state index in [0.29, 0.717) is 18.9 Å². The number of nitrogens with zero attached hydrogens (tertiary/aromatic N) is 1. The number of ether oxygens (including phenoxy) is 2. The smallest absolute Gasteiger partial charge is 0.305 e. The third-order valence-electron chi connectivity index (χ3n) is 7.13. The van der Waals surface area contributed by atoms with Gasteiger partial charge in [-0.15, -0.1) is 0 Å². The van der Waals surface area contributed by atoms with E-state index in [4.69, 9.17) is 9.47 Å². The molecule has 0 amide bonds. The van der Waals surface area contributed by atoms with E-state index in [1.165, 1.54) is 83.5 Å². The molecule has 4 nitrogen and oxygen atoms in total. The number of rotatable bonds is 21. The standard InChI is InChI=1S/C30H52NO3/c1-2-3-4-5-6-7-8-9-10-11-12-15-20-28-25-29(33-26-28)27-34-30(32)21-16-13-17-22-31-23-18-14-19-24-31/h14,18-19,23-24,28-29H,2-13,15-17,20-22,25-27H2,1H3/q+1. The lowest BCUT2D eigenvalue weighted by molar-refractivity contribution is -0.697. The van der Waals surface area contributed by atoms with Gasteiger partial charge in [-0.2, -0.15) is 0 Å². The van der Waals surface area contributed by atoms with E-state index >= 15 is 0 Å². The summed E-state index contributed by atoms with van der Waals surface area (Å²) < 4.78 is 13.6. The number of pyridine rings is 1. The average molecular weight is 475 g/mol. The number of carbonyl (C=O) groups excluding carboxylic acids is 1. The molecule has 0 radical (unpaired) electrons. The number of unbranched alkanes of at least 4 members (excludes halogenated alkanes) is 13. The summed E-state index contributed by atoms with van der Waals surface area (Å²) in [7, 11) is 0. The molecule has 2 unspecified atom stereocenters. The van der Waals surface area contributed by atoms with Crippen LogP contribution in [0.5, 0.6) is 0 Å². The van der Waals surface area contributed by atoms with Crippen molar-refractivity contribution in [2.24, 2.45) is 5.92 Å². The Balaban J connectivity index is 1.34. The second kappa shape index (κ2) is 19.8. The zero-order valence-corrected chi connectivity index (χ0v) is 22.1. The lowest BCUT2D eigenvalue weighted by Gasteiger charge is -2.10. The van der Waals surface area contributed by atoms with Crippen molar-refractivity contribution in [3.63, 3.8) is 0 Å². The summed E-state index contributed by atoms with van der Waals surface area (Å²) in [6, 6.07) is 6.12. The van der Waals surface area contributed by atoms with Crippen LogP contribution in [0.3, 0.4) is 0 Å². The molecule has 1 aromatic heterocycles. The van der Waals surface area contributed by atoms with Crippen molar-refractivity contribution in [2.75, 3.05) is 13.2 Å². The highest BCUT2D eigenvalue weighted by atomic mass is 16.6. The minimum Gasteiger partial charge on any atom is -0.463 e. The molecule has 1 fully saturated rings. The first-order chi connectivity index (χ1) is 16.8. The first kappa shape index (κ1) is 28.8. The Morgan fingerprint density at radius 3 is 2.12 bits per heavy atom. The average Bonchev–Trinajstić information content (AvgIpc) is 3.31. The van der Waals surface area contributed by atoms with Gasteiger partial charge in [0.05, 0.1) is 12.7 Å². The van der Waals surface area contributed by atoms with Gasteiger partial charge in [-0.3, -0.25) is 4.79 Å². The maximum absolute atomic E-state index is 12.0. The van der Waals surface area contributed by atoms with E-state index in [2.05, 4.69) is 23.9 Å². The summed E-state index contributed by atoms with van der Waals surface area (Å²) in [5.41, 5.74) is 0. The van der Waals surface area contributed by atoms with E-state index in [0.717, 1.165) is 38.8 Å². The Kier molecular flexibility index (Phi) is 16.8. The molecule has 194 valence electrons. The fraction of sp³-hybridized carbons (Fsp3) is 0.800. The number of aryl methyl sites for hydroxylation is 1. The molecule has 0 aromatic carbocycles. The van der Waals surface area contributed by atoms with Crippen molar-refractivity contribution in [2.45, 2.75) is 135 Å². The van der Waals surface area contributed by atoms with Gasteiger partial charge in [0.15, 0.2) is 12.4 Å². The van der Waals surface area contributed by atoms with E-state index in [1.54, 1.807) is 0 Å². The Morgan fingerprint density at radius 1 is 0.824 bits per heavy atom. The molecule has 0 saturated carbocycles. The van der Waals surface area contributed by atoms with Crippen LogP contribution in [0.15, 0.2) is 30.6 Å². The first-order valence-electron chi connectivity index (χ1n) is 14.5. The van der Waals surface area contributed by atoms with Crippen LogP contribution in [0.1, 0.15) is 122 Å². The van der Waals surface area contributed by atoms with Crippen LogP contribution in [-0.2, 0) is 20.8 Å². The van der Waals surface area contributed by atoms with Gasteiger partial charge in [-0.25, -0.2) is 4.57 Å². The molecule has 0 N–H and O–H groups in total. The van der Waals surface area contributed by atoms with Gasteiger partial charge in [-0.1, -0.05) is 90.0 Å². The maximum Gasteiger partial charge on any atom is 0.305 e. The summed E-state index contributed by atoms with van der Waals surface area (Å²) in [5, 5.41) is 0. The predicted octanol–water partition coefficient (Wildman–Crippen LogP) is 7.57. The molecule has 2 rings (SSSR count). The largest absolute Gasteiger partial charge is 0.463 e. The number of hydrogen-bond acceptors (Lipinski definition) is 3. The van der Waals surface area contributed by atoms with Crippen molar-refractivity contribution in [3.05, 3.63) is 30.6 Å². The van der Waals surface area contributed by atoms with E-state index in [-0.39, 0.29) is 12.1 Å². The number of esters is 1. The SMILES string of the molecule is CCCCCCCCCCCCCCC1COC(COC(=O)CCCCC[n+]2ccccc2)C1. The summed E-state index contributed by atoms with van der Waals surface area (Å²) in [6.45, 7) is 4.57. The van der Waals surface area contributed by atoms with Crippen molar-refractivity contribution in [1.29, 1.82) is 0 Å². The van der Waals surface area contributed by atoms with Crippen LogP contribution in [-0.4, -0.2) is 25.3 Å². The molecule has 2 atom stereocenters. The molecular weight excluding hydrogens is 422 g/mol. The lowest BCUT2D eigenvalue weighted by Crippen LogP contribution is -2.32. The van der Waals surface area contributed by atoms with Crippen molar-refractivity contribution in [3.8, 4) is 0 Å². The highest BCUT2D eigenvalue weighted by Gasteiger charge is 2.26. The quantitative estimate of drug-likeness (QED) is 0.105. The normalized spacial score (nSPS) is 17.8. The fourth-order valence-electron chi connectivity index (χ4n) is 4.95. The third-order valence-corrected chi connectivity index (χ3v) is 7.13. The summed E-state index contributed by atoms with van der Waals surface area (Å²) in [6.07, 6.45) is 27.0. The molecule has 1 aliphatic heterocycles. The molecule has 4 heteroatoms. The highest BCUT2D eigenvalue weighted by molar-refractivity contribution is 5.69. The van der Waals surface area contributed by atoms with Crippen LogP contribution < -0.4 is 4.57 Å². The number of aromatic nitrogens is 1. The van der Waals surface area contributed by atoms with Crippen molar-refractivity contribution < 1.29 is 18.8 Å². The first-order valence-corrected chi connectivity index (χ1v) is 14.5.